The second-order valence-electron chi connectivity index (χ2n) is 5.03. The molecule has 2 heterocycles. The number of carbonyl (C=O) groups is 1. The zero-order valence-corrected chi connectivity index (χ0v) is 12.0. The zero-order chi connectivity index (χ0) is 13.3. The first-order valence-corrected chi connectivity index (χ1v) is 7.21. The van der Waals surface area contributed by atoms with Crippen LogP contribution >= 0.6 is 11.3 Å². The number of thiazole rings is 1. The Morgan fingerprint density at radius 3 is 2.83 bits per heavy atom. The average molecular weight is 268 g/mol. The van der Waals surface area contributed by atoms with Crippen LogP contribution in [-0.2, 0) is 4.79 Å². The monoisotopic (exact) mass is 268 g/mol. The molecule has 0 radical (unpaired) electrons. The van der Waals surface area contributed by atoms with Gasteiger partial charge in [-0.25, -0.2) is 4.98 Å². The summed E-state index contributed by atoms with van der Waals surface area (Å²) < 4.78 is 0. The molecule has 5 heteroatoms. The number of hydrogen-bond donors (Lipinski definition) is 1. The van der Waals surface area contributed by atoms with Gasteiger partial charge in [0.2, 0.25) is 0 Å². The number of aromatic nitrogens is 1. The van der Waals surface area contributed by atoms with Gasteiger partial charge in [0.15, 0.2) is 0 Å². The normalized spacial score (nSPS) is 22.9. The van der Waals surface area contributed by atoms with Crippen LogP contribution in [0.4, 0.5) is 0 Å². The molecule has 0 aliphatic carbocycles. The highest BCUT2D eigenvalue weighted by molar-refractivity contribution is 7.11. The van der Waals surface area contributed by atoms with E-state index in [1.54, 1.807) is 11.3 Å². The third kappa shape index (κ3) is 2.72. The van der Waals surface area contributed by atoms with Crippen LogP contribution in [0.5, 0.6) is 0 Å². The number of carboxylic acid groups (broad SMARTS) is 1. The number of hydrogen-bond acceptors (Lipinski definition) is 4. The Labute approximate surface area is 112 Å². The summed E-state index contributed by atoms with van der Waals surface area (Å²) in [4.78, 5) is 19.1. The van der Waals surface area contributed by atoms with Crippen LogP contribution < -0.4 is 0 Å². The summed E-state index contributed by atoms with van der Waals surface area (Å²) in [7, 11) is 0. The molecule has 1 fully saturated rings. The van der Waals surface area contributed by atoms with Crippen LogP contribution in [0.3, 0.4) is 0 Å². The summed E-state index contributed by atoms with van der Waals surface area (Å²) in [6, 6.07) is 0.276. The van der Waals surface area contributed by atoms with Gasteiger partial charge in [0, 0.05) is 17.5 Å². The second kappa shape index (κ2) is 5.36. The van der Waals surface area contributed by atoms with E-state index in [-0.39, 0.29) is 12.0 Å². The Balaban J connectivity index is 2.11. The van der Waals surface area contributed by atoms with Crippen molar-refractivity contribution in [3.05, 3.63) is 15.6 Å². The number of aliphatic carboxylic acids is 1. The Hall–Kier alpha value is -0.940. The van der Waals surface area contributed by atoms with Crippen LogP contribution in [-0.4, -0.2) is 34.0 Å². The fraction of sp³-hybridized carbons (Fsp3) is 0.692. The molecule has 2 rings (SSSR count). The van der Waals surface area contributed by atoms with Gasteiger partial charge in [-0.15, -0.1) is 11.3 Å². The van der Waals surface area contributed by atoms with Gasteiger partial charge in [0.25, 0.3) is 0 Å². The smallest absolute Gasteiger partial charge is 0.307 e. The van der Waals surface area contributed by atoms with Crippen LogP contribution in [0.1, 0.15) is 41.4 Å². The summed E-state index contributed by atoms with van der Waals surface area (Å²) >= 11 is 1.73. The number of likely N-dealkylation sites (tertiary alicyclic amines) is 1. The summed E-state index contributed by atoms with van der Waals surface area (Å²) in [5.41, 5.74) is 1.09. The molecule has 1 saturated heterocycles. The van der Waals surface area contributed by atoms with E-state index in [4.69, 9.17) is 5.11 Å². The van der Waals surface area contributed by atoms with Crippen molar-refractivity contribution >= 4 is 17.3 Å². The molecular formula is C13H20N2O2S. The molecule has 18 heavy (non-hydrogen) atoms. The van der Waals surface area contributed by atoms with Crippen LogP contribution in [0, 0.1) is 19.8 Å². The standard InChI is InChI=1S/C13H20N2O2S/c1-8-12(18-10(3)14-8)9(2)15-6-4-5-11(7-15)13(16)17/h9,11H,4-7H2,1-3H3,(H,16,17). The maximum absolute atomic E-state index is 11.1. The van der Waals surface area contributed by atoms with Gasteiger partial charge >= 0.3 is 5.97 Å². The molecule has 0 aromatic carbocycles. The summed E-state index contributed by atoms with van der Waals surface area (Å²) in [5.74, 6) is -0.875. The van der Waals surface area contributed by atoms with E-state index in [0.29, 0.717) is 6.54 Å². The van der Waals surface area contributed by atoms with Gasteiger partial charge in [0.05, 0.1) is 16.6 Å². The van der Waals surface area contributed by atoms with Crippen molar-refractivity contribution in [1.29, 1.82) is 0 Å². The highest BCUT2D eigenvalue weighted by Gasteiger charge is 2.29. The van der Waals surface area contributed by atoms with E-state index in [1.165, 1.54) is 4.88 Å². The lowest BCUT2D eigenvalue weighted by atomic mass is 9.97. The van der Waals surface area contributed by atoms with Gasteiger partial charge in [0.1, 0.15) is 0 Å². The van der Waals surface area contributed by atoms with Crippen LogP contribution in [0.15, 0.2) is 0 Å². The van der Waals surface area contributed by atoms with Gasteiger partial charge in [-0.2, -0.15) is 0 Å². The van der Waals surface area contributed by atoms with Gasteiger partial charge in [-0.05, 0) is 40.2 Å². The molecule has 1 aromatic heterocycles. The second-order valence-corrected chi connectivity index (χ2v) is 6.27. The maximum atomic E-state index is 11.1. The van der Waals surface area contributed by atoms with Crippen molar-refractivity contribution < 1.29 is 9.90 Å². The lowest BCUT2D eigenvalue weighted by Crippen LogP contribution is -2.40. The predicted octanol–water partition coefficient (Wildman–Crippen LogP) is 2.62. The third-order valence-corrected chi connectivity index (χ3v) is 4.91. The molecule has 4 nitrogen and oxygen atoms in total. The summed E-state index contributed by atoms with van der Waals surface area (Å²) in [6.45, 7) is 7.86. The molecule has 1 N–H and O–H groups in total. The quantitative estimate of drug-likeness (QED) is 0.915. The minimum Gasteiger partial charge on any atom is -0.481 e. The number of nitrogens with zero attached hydrogens (tertiary/aromatic N) is 2. The topological polar surface area (TPSA) is 53.4 Å². The molecule has 0 spiro atoms. The SMILES string of the molecule is Cc1nc(C)c(C(C)N2CCCC(C(=O)O)C2)s1. The van der Waals surface area contributed by atoms with Gasteiger partial charge < -0.3 is 5.11 Å². The molecule has 2 unspecified atom stereocenters. The molecule has 1 aliphatic rings. The first-order chi connectivity index (χ1) is 8.49. The van der Waals surface area contributed by atoms with Crippen molar-refractivity contribution in [2.24, 2.45) is 5.92 Å². The van der Waals surface area contributed by atoms with E-state index in [2.05, 4.69) is 16.8 Å². The number of aryl methyl sites for hydroxylation is 2. The van der Waals surface area contributed by atoms with Crippen molar-refractivity contribution in [1.82, 2.24) is 9.88 Å². The minimum absolute atomic E-state index is 0.212. The third-order valence-electron chi connectivity index (χ3n) is 3.67. The first-order valence-electron chi connectivity index (χ1n) is 6.40. The molecule has 100 valence electrons. The van der Waals surface area contributed by atoms with Crippen molar-refractivity contribution in [2.45, 2.75) is 39.7 Å². The molecule has 1 aliphatic heterocycles. The molecule has 0 bridgehead atoms. The maximum Gasteiger partial charge on any atom is 0.307 e. The number of rotatable bonds is 3. The Morgan fingerprint density at radius 2 is 2.28 bits per heavy atom. The highest BCUT2D eigenvalue weighted by atomic mass is 32.1. The highest BCUT2D eigenvalue weighted by Crippen LogP contribution is 2.32. The Kier molecular flexibility index (Phi) is 4.02. The Morgan fingerprint density at radius 1 is 1.56 bits per heavy atom. The number of carboxylic acids is 1. The van der Waals surface area contributed by atoms with E-state index < -0.39 is 5.97 Å². The molecular weight excluding hydrogens is 248 g/mol. The average Bonchev–Trinajstić information content (AvgIpc) is 2.67. The zero-order valence-electron chi connectivity index (χ0n) is 11.1. The van der Waals surface area contributed by atoms with Gasteiger partial charge in [-0.1, -0.05) is 0 Å². The van der Waals surface area contributed by atoms with Crippen LogP contribution in [0.2, 0.25) is 0 Å². The largest absolute Gasteiger partial charge is 0.481 e. The molecule has 2 atom stereocenters. The summed E-state index contributed by atoms with van der Waals surface area (Å²) in [5, 5.41) is 10.2. The Bertz CT molecular complexity index is 444. The van der Waals surface area contributed by atoms with Gasteiger partial charge in [-0.3, -0.25) is 9.69 Å². The predicted molar refractivity (Wildman–Crippen MR) is 71.9 cm³/mol. The fourth-order valence-corrected chi connectivity index (χ4v) is 3.67. The lowest BCUT2D eigenvalue weighted by molar-refractivity contribution is -0.143. The van der Waals surface area contributed by atoms with Crippen molar-refractivity contribution in [2.75, 3.05) is 13.1 Å². The van der Waals surface area contributed by atoms with Crippen LogP contribution in [0.25, 0.3) is 0 Å². The fourth-order valence-electron chi connectivity index (χ4n) is 2.66. The molecule has 1 aromatic rings. The first kappa shape index (κ1) is 13.5. The van der Waals surface area contributed by atoms with Crippen molar-refractivity contribution in [3.8, 4) is 0 Å². The van der Waals surface area contributed by atoms with Crippen molar-refractivity contribution in [3.63, 3.8) is 0 Å². The molecule has 0 saturated carbocycles. The van der Waals surface area contributed by atoms with E-state index >= 15 is 0 Å². The molecule has 0 amide bonds. The summed E-state index contributed by atoms with van der Waals surface area (Å²) in [6.07, 6.45) is 1.78. The minimum atomic E-state index is -0.663. The van der Waals surface area contributed by atoms with E-state index in [0.717, 1.165) is 30.1 Å². The van der Waals surface area contributed by atoms with E-state index in [1.807, 2.05) is 13.8 Å². The van der Waals surface area contributed by atoms with E-state index in [9.17, 15) is 4.79 Å². The number of piperidine rings is 1. The lowest BCUT2D eigenvalue weighted by Gasteiger charge is -2.35.